The van der Waals surface area contributed by atoms with E-state index in [1.165, 1.54) is 31.3 Å². The average molecular weight is 364 g/mol. The highest BCUT2D eigenvalue weighted by atomic mass is 35.5. The monoisotopic (exact) mass is 363 g/mol. The Kier molecular flexibility index (Phi) is 5.91. The first-order chi connectivity index (χ1) is 11.9. The van der Waals surface area contributed by atoms with Gasteiger partial charge in [-0.3, -0.25) is 20.2 Å². The number of ether oxygens (including phenoxy) is 1. The molecule has 2 amide bonds. The second-order valence-electron chi connectivity index (χ2n) is 4.89. The quantitative estimate of drug-likeness (QED) is 0.625. The van der Waals surface area contributed by atoms with E-state index in [4.69, 9.17) is 16.3 Å². The maximum absolute atomic E-state index is 11.9. The van der Waals surface area contributed by atoms with Crippen LogP contribution < -0.4 is 10.6 Å². The van der Waals surface area contributed by atoms with Crippen molar-refractivity contribution >= 4 is 35.0 Å². The molecule has 0 aliphatic carbocycles. The van der Waals surface area contributed by atoms with Crippen molar-refractivity contribution in [2.45, 2.75) is 6.61 Å². The van der Waals surface area contributed by atoms with Crippen molar-refractivity contribution in [2.75, 3.05) is 12.4 Å². The van der Waals surface area contributed by atoms with E-state index in [1.54, 1.807) is 18.2 Å². The standard InChI is InChI=1S/C16H14ClN3O5/c1-18-15(21)10-3-2-4-13(7-10)19-16(22)25-9-11-5-6-12(17)8-14(11)20(23)24/h2-8H,9H2,1H3,(H,18,21)(H,19,22). The summed E-state index contributed by atoms with van der Waals surface area (Å²) in [6.45, 7) is -0.297. The predicted molar refractivity (Wildman–Crippen MR) is 91.7 cm³/mol. The second-order valence-corrected chi connectivity index (χ2v) is 5.33. The Morgan fingerprint density at radius 2 is 2.00 bits per heavy atom. The number of amides is 2. The summed E-state index contributed by atoms with van der Waals surface area (Å²) in [6.07, 6.45) is -0.807. The van der Waals surface area contributed by atoms with Crippen molar-refractivity contribution in [3.05, 3.63) is 68.7 Å². The molecule has 0 aromatic heterocycles. The molecular weight excluding hydrogens is 350 g/mol. The van der Waals surface area contributed by atoms with Gasteiger partial charge in [-0.2, -0.15) is 0 Å². The van der Waals surface area contributed by atoms with Crippen molar-refractivity contribution in [3.63, 3.8) is 0 Å². The van der Waals surface area contributed by atoms with Gasteiger partial charge in [0.2, 0.25) is 0 Å². The Labute approximate surface area is 147 Å². The van der Waals surface area contributed by atoms with Crippen molar-refractivity contribution in [1.29, 1.82) is 0 Å². The Hall–Kier alpha value is -3.13. The van der Waals surface area contributed by atoms with Gasteiger partial charge in [-0.05, 0) is 30.3 Å². The SMILES string of the molecule is CNC(=O)c1cccc(NC(=O)OCc2ccc(Cl)cc2[N+](=O)[O-])c1. The van der Waals surface area contributed by atoms with Crippen LogP contribution in [0.3, 0.4) is 0 Å². The smallest absolute Gasteiger partial charge is 0.411 e. The van der Waals surface area contributed by atoms with Gasteiger partial charge < -0.3 is 10.1 Å². The molecule has 2 rings (SSSR count). The largest absolute Gasteiger partial charge is 0.444 e. The lowest BCUT2D eigenvalue weighted by molar-refractivity contribution is -0.385. The average Bonchev–Trinajstić information content (AvgIpc) is 2.60. The molecule has 0 fully saturated rings. The summed E-state index contributed by atoms with van der Waals surface area (Å²) in [4.78, 5) is 33.8. The molecule has 2 N–H and O–H groups in total. The fraction of sp³-hybridized carbons (Fsp3) is 0.125. The molecule has 0 saturated carbocycles. The van der Waals surface area contributed by atoms with Crippen LogP contribution in [0.15, 0.2) is 42.5 Å². The minimum Gasteiger partial charge on any atom is -0.444 e. The molecule has 0 atom stereocenters. The van der Waals surface area contributed by atoms with Gasteiger partial charge in [-0.25, -0.2) is 4.79 Å². The molecule has 0 bridgehead atoms. The van der Waals surface area contributed by atoms with Gasteiger partial charge in [-0.1, -0.05) is 17.7 Å². The third kappa shape index (κ3) is 4.92. The highest BCUT2D eigenvalue weighted by Gasteiger charge is 2.16. The minimum absolute atomic E-state index is 0.212. The molecule has 2 aromatic rings. The fourth-order valence-electron chi connectivity index (χ4n) is 2.01. The first-order valence-electron chi connectivity index (χ1n) is 7.09. The highest BCUT2D eigenvalue weighted by Crippen LogP contribution is 2.24. The lowest BCUT2D eigenvalue weighted by Crippen LogP contribution is -2.18. The first kappa shape index (κ1) is 18.2. The molecule has 0 aliphatic rings. The summed E-state index contributed by atoms with van der Waals surface area (Å²) in [5.41, 5.74) is 0.705. The topological polar surface area (TPSA) is 111 Å². The van der Waals surface area contributed by atoms with E-state index in [-0.39, 0.29) is 28.8 Å². The minimum atomic E-state index is -0.807. The number of nitro groups is 1. The number of nitrogens with zero attached hydrogens (tertiary/aromatic N) is 1. The lowest BCUT2D eigenvalue weighted by Gasteiger charge is -2.09. The van der Waals surface area contributed by atoms with Crippen LogP contribution in [-0.4, -0.2) is 24.0 Å². The number of benzene rings is 2. The number of hydrogen-bond acceptors (Lipinski definition) is 5. The van der Waals surface area contributed by atoms with Gasteiger partial charge >= 0.3 is 6.09 Å². The van der Waals surface area contributed by atoms with Crippen LogP contribution in [0.1, 0.15) is 15.9 Å². The molecule has 25 heavy (non-hydrogen) atoms. The van der Waals surface area contributed by atoms with Gasteiger partial charge in [0, 0.05) is 29.4 Å². The summed E-state index contributed by atoms with van der Waals surface area (Å²) in [5, 5.41) is 16.1. The van der Waals surface area contributed by atoms with E-state index in [1.807, 2.05) is 0 Å². The Morgan fingerprint density at radius 3 is 2.68 bits per heavy atom. The lowest BCUT2D eigenvalue weighted by atomic mass is 10.2. The van der Waals surface area contributed by atoms with Crippen molar-refractivity contribution < 1.29 is 19.2 Å². The van der Waals surface area contributed by atoms with Gasteiger partial charge in [0.05, 0.1) is 10.5 Å². The van der Waals surface area contributed by atoms with Crippen LogP contribution >= 0.6 is 11.6 Å². The Balaban J connectivity index is 2.02. The van der Waals surface area contributed by atoms with Gasteiger partial charge in [0.25, 0.3) is 11.6 Å². The molecule has 0 unspecified atom stereocenters. The van der Waals surface area contributed by atoms with Gasteiger partial charge in [-0.15, -0.1) is 0 Å². The summed E-state index contributed by atoms with van der Waals surface area (Å²) in [7, 11) is 1.50. The normalized spacial score (nSPS) is 10.0. The molecule has 0 heterocycles. The van der Waals surface area contributed by atoms with Crippen molar-refractivity contribution in [1.82, 2.24) is 5.32 Å². The number of rotatable bonds is 5. The zero-order valence-corrected chi connectivity index (χ0v) is 13.9. The summed E-state index contributed by atoms with van der Waals surface area (Å²) < 4.78 is 4.99. The van der Waals surface area contributed by atoms with Crippen LogP contribution in [0.5, 0.6) is 0 Å². The molecule has 0 saturated heterocycles. The van der Waals surface area contributed by atoms with Crippen LogP contribution in [0, 0.1) is 10.1 Å². The molecule has 0 aliphatic heterocycles. The number of hydrogen-bond donors (Lipinski definition) is 2. The molecule has 2 aromatic carbocycles. The third-order valence-corrected chi connectivity index (χ3v) is 3.44. The summed E-state index contributed by atoms with van der Waals surface area (Å²) in [5.74, 6) is -0.297. The zero-order valence-electron chi connectivity index (χ0n) is 13.1. The van der Waals surface area contributed by atoms with E-state index < -0.39 is 11.0 Å². The molecule has 130 valence electrons. The second kappa shape index (κ2) is 8.11. The summed E-state index contributed by atoms with van der Waals surface area (Å²) in [6, 6.07) is 10.3. The number of carbonyl (C=O) groups excluding carboxylic acids is 2. The van der Waals surface area contributed by atoms with E-state index in [0.29, 0.717) is 11.3 Å². The number of nitro benzene ring substituents is 1. The number of carbonyl (C=O) groups is 2. The van der Waals surface area contributed by atoms with E-state index in [9.17, 15) is 19.7 Å². The van der Waals surface area contributed by atoms with Crippen LogP contribution in [-0.2, 0) is 11.3 Å². The third-order valence-electron chi connectivity index (χ3n) is 3.20. The van der Waals surface area contributed by atoms with E-state index >= 15 is 0 Å². The molecule has 9 heteroatoms. The molecule has 8 nitrogen and oxygen atoms in total. The van der Waals surface area contributed by atoms with Crippen LogP contribution in [0.4, 0.5) is 16.2 Å². The predicted octanol–water partition coefficient (Wildman–Crippen LogP) is 3.36. The molecule has 0 radical (unpaired) electrons. The van der Waals surface area contributed by atoms with Crippen molar-refractivity contribution in [2.24, 2.45) is 0 Å². The Bertz CT molecular complexity index is 825. The van der Waals surface area contributed by atoms with Crippen LogP contribution in [0.2, 0.25) is 5.02 Å². The fourth-order valence-corrected chi connectivity index (χ4v) is 2.18. The van der Waals surface area contributed by atoms with E-state index in [0.717, 1.165) is 0 Å². The van der Waals surface area contributed by atoms with E-state index in [2.05, 4.69) is 10.6 Å². The number of anilines is 1. The highest BCUT2D eigenvalue weighted by molar-refractivity contribution is 6.30. The Morgan fingerprint density at radius 1 is 1.24 bits per heavy atom. The number of nitrogens with one attached hydrogen (secondary N) is 2. The first-order valence-corrected chi connectivity index (χ1v) is 7.47. The maximum Gasteiger partial charge on any atom is 0.411 e. The zero-order chi connectivity index (χ0) is 18.4. The van der Waals surface area contributed by atoms with Crippen molar-refractivity contribution in [3.8, 4) is 0 Å². The maximum atomic E-state index is 11.9. The summed E-state index contributed by atoms with van der Waals surface area (Å²) >= 11 is 5.73. The number of halogens is 1. The molecule has 0 spiro atoms. The van der Waals surface area contributed by atoms with Gasteiger partial charge in [0.15, 0.2) is 0 Å². The van der Waals surface area contributed by atoms with Gasteiger partial charge in [0.1, 0.15) is 6.61 Å². The molecular formula is C16H14ClN3O5. The van der Waals surface area contributed by atoms with Crippen LogP contribution in [0.25, 0.3) is 0 Å².